The van der Waals surface area contributed by atoms with Crippen LogP contribution in [0.15, 0.2) is 42.5 Å². The normalized spacial score (nSPS) is 33.1. The lowest BCUT2D eigenvalue weighted by molar-refractivity contribution is -0.177. The zero-order chi connectivity index (χ0) is 24.4. The van der Waals surface area contributed by atoms with Crippen molar-refractivity contribution in [3.63, 3.8) is 0 Å². The molecule has 5 rings (SSSR count). The molecule has 0 aromatic heterocycles. The molecule has 1 aliphatic heterocycles. The Morgan fingerprint density at radius 2 is 1.94 bits per heavy atom. The Labute approximate surface area is 204 Å². The molecule has 1 heterocycles. The zero-order valence-corrected chi connectivity index (χ0v) is 19.5. The number of ether oxygens (including phenoxy) is 3. The lowest BCUT2D eigenvalue weighted by atomic mass is 9.83. The van der Waals surface area contributed by atoms with Gasteiger partial charge in [0, 0.05) is 11.5 Å². The molecule has 1 unspecified atom stereocenters. The first-order valence-corrected chi connectivity index (χ1v) is 11.4. The molecule has 2 aliphatic carbocycles. The standard InChI is InChI=1S/C24H21Cl2NO7/c1-23(22(31)34-20-13-5-3-2-4-12(13)19(28)33-20)14-9-17(24(27,18(14)23)21(29)30)32-10-11-6-7-15(25)16(26)8-11/h2-8,14,17-18,20H,9-10,27H2,1H3,(H,29,30)/t14-,17-,18+,20?,23+,24+/m1/s1. The SMILES string of the molecule is C[C@]1(C(=O)OC2OC(=O)c3ccccc32)[C@@H]2C[C@@H](OCc3ccc(Cl)c(Cl)c3)[C@@](N)(C(=O)O)[C@@H]21. The van der Waals surface area contributed by atoms with Gasteiger partial charge in [0.25, 0.3) is 6.29 Å². The smallest absolute Gasteiger partial charge is 0.342 e. The molecule has 8 nitrogen and oxygen atoms in total. The lowest BCUT2D eigenvalue weighted by Gasteiger charge is -2.33. The summed E-state index contributed by atoms with van der Waals surface area (Å²) in [6.07, 6.45) is -1.73. The van der Waals surface area contributed by atoms with Crippen molar-refractivity contribution in [2.24, 2.45) is 23.0 Å². The van der Waals surface area contributed by atoms with Crippen LogP contribution in [0.1, 0.15) is 41.1 Å². The average Bonchev–Trinajstić information content (AvgIpc) is 3.09. The Kier molecular flexibility index (Phi) is 5.40. The third kappa shape index (κ3) is 3.32. The van der Waals surface area contributed by atoms with Gasteiger partial charge in [-0.3, -0.25) is 9.59 Å². The Bertz CT molecular complexity index is 1220. The van der Waals surface area contributed by atoms with Gasteiger partial charge in [0.15, 0.2) is 0 Å². The van der Waals surface area contributed by atoms with Crippen LogP contribution in [0, 0.1) is 17.3 Å². The highest BCUT2D eigenvalue weighted by atomic mass is 35.5. The number of rotatable bonds is 6. The van der Waals surface area contributed by atoms with Crippen LogP contribution in [0.3, 0.4) is 0 Å². The van der Waals surface area contributed by atoms with Gasteiger partial charge in [0.2, 0.25) is 0 Å². The van der Waals surface area contributed by atoms with E-state index in [0.717, 1.165) is 0 Å². The summed E-state index contributed by atoms with van der Waals surface area (Å²) in [4.78, 5) is 37.5. The zero-order valence-electron chi connectivity index (χ0n) is 18.0. The van der Waals surface area contributed by atoms with E-state index >= 15 is 0 Å². The molecule has 6 atom stereocenters. The molecule has 10 heteroatoms. The Morgan fingerprint density at radius 3 is 2.65 bits per heavy atom. The maximum absolute atomic E-state index is 13.1. The molecule has 34 heavy (non-hydrogen) atoms. The van der Waals surface area contributed by atoms with Crippen LogP contribution in [0.4, 0.5) is 0 Å². The second-order valence-corrected chi connectivity index (χ2v) is 9.93. The van der Waals surface area contributed by atoms with Crippen molar-refractivity contribution in [2.75, 3.05) is 0 Å². The number of aliphatic carboxylic acids is 1. The van der Waals surface area contributed by atoms with Crippen LogP contribution >= 0.6 is 23.2 Å². The fourth-order valence-corrected chi connectivity index (χ4v) is 5.76. The highest BCUT2D eigenvalue weighted by Gasteiger charge is 2.81. The fraction of sp³-hybridized carbons (Fsp3) is 0.375. The lowest BCUT2D eigenvalue weighted by Crippen LogP contribution is -2.59. The minimum atomic E-state index is -1.79. The maximum Gasteiger partial charge on any atom is 0.342 e. The molecule has 0 radical (unpaired) electrons. The number of carbonyl (C=O) groups excluding carboxylic acids is 2. The maximum atomic E-state index is 13.1. The first kappa shape index (κ1) is 23.1. The average molecular weight is 506 g/mol. The number of hydrogen-bond acceptors (Lipinski definition) is 7. The number of nitrogens with two attached hydrogens (primary N) is 1. The molecule has 3 N–H and O–H groups in total. The summed E-state index contributed by atoms with van der Waals surface area (Å²) < 4.78 is 16.6. The van der Waals surface area contributed by atoms with E-state index in [4.69, 9.17) is 43.1 Å². The van der Waals surface area contributed by atoms with Crippen molar-refractivity contribution < 1.29 is 33.7 Å². The molecule has 2 aromatic rings. The molecular formula is C24H21Cl2NO7. The van der Waals surface area contributed by atoms with Crippen molar-refractivity contribution >= 4 is 41.1 Å². The van der Waals surface area contributed by atoms with Crippen LogP contribution in [-0.2, 0) is 30.4 Å². The molecule has 0 bridgehead atoms. The van der Waals surface area contributed by atoms with Crippen LogP contribution in [0.25, 0.3) is 0 Å². The minimum Gasteiger partial charge on any atom is -0.480 e. The third-order valence-corrected chi connectivity index (χ3v) is 8.07. The van der Waals surface area contributed by atoms with E-state index in [9.17, 15) is 19.5 Å². The number of fused-ring (bicyclic) bond motifs is 2. The Hall–Kier alpha value is -2.65. The van der Waals surface area contributed by atoms with E-state index < -0.39 is 47.2 Å². The minimum absolute atomic E-state index is 0.0865. The third-order valence-electron chi connectivity index (χ3n) is 7.33. The highest BCUT2D eigenvalue weighted by Crippen LogP contribution is 2.71. The van der Waals surface area contributed by atoms with Crippen LogP contribution in [0.2, 0.25) is 10.0 Å². The number of benzene rings is 2. The number of cyclic esters (lactones) is 1. The predicted octanol–water partition coefficient (Wildman–Crippen LogP) is 3.73. The summed E-state index contributed by atoms with van der Waals surface area (Å²) in [6.45, 7) is 1.72. The predicted molar refractivity (Wildman–Crippen MR) is 120 cm³/mol. The van der Waals surface area contributed by atoms with Gasteiger partial charge in [0.1, 0.15) is 5.54 Å². The second kappa shape index (κ2) is 7.95. The first-order valence-electron chi connectivity index (χ1n) is 10.7. The fourth-order valence-electron chi connectivity index (χ4n) is 5.44. The van der Waals surface area contributed by atoms with Crippen LogP contribution in [0.5, 0.6) is 0 Å². The topological polar surface area (TPSA) is 125 Å². The molecular weight excluding hydrogens is 485 g/mol. The van der Waals surface area contributed by atoms with Crippen molar-refractivity contribution in [3.05, 3.63) is 69.2 Å². The number of carboxylic acids is 1. The number of carbonyl (C=O) groups is 3. The number of carboxylic acid groups (broad SMARTS) is 1. The summed E-state index contributed by atoms with van der Waals surface area (Å²) in [5, 5.41) is 10.8. The van der Waals surface area contributed by atoms with E-state index in [1.54, 1.807) is 49.4 Å². The van der Waals surface area contributed by atoms with Crippen LogP contribution < -0.4 is 5.73 Å². The quantitative estimate of drug-likeness (QED) is 0.568. The summed E-state index contributed by atoms with van der Waals surface area (Å²) >= 11 is 12.0. The molecule has 0 spiro atoms. The summed E-state index contributed by atoms with van der Waals surface area (Å²) in [6, 6.07) is 11.6. The Balaban J connectivity index is 1.31. The molecule has 0 saturated heterocycles. The van der Waals surface area contributed by atoms with Gasteiger partial charge < -0.3 is 25.1 Å². The Morgan fingerprint density at radius 1 is 1.21 bits per heavy atom. The molecule has 0 amide bonds. The van der Waals surface area contributed by atoms with E-state index in [1.165, 1.54) is 0 Å². The summed E-state index contributed by atoms with van der Waals surface area (Å²) in [7, 11) is 0. The molecule has 178 valence electrons. The second-order valence-electron chi connectivity index (χ2n) is 9.12. The number of esters is 2. The van der Waals surface area contributed by atoms with E-state index in [-0.39, 0.29) is 18.9 Å². The number of halogens is 2. The van der Waals surface area contributed by atoms with E-state index in [2.05, 4.69) is 0 Å². The molecule has 2 saturated carbocycles. The molecule has 2 fully saturated rings. The van der Waals surface area contributed by atoms with Gasteiger partial charge in [-0.1, -0.05) is 47.5 Å². The van der Waals surface area contributed by atoms with Crippen molar-refractivity contribution in [2.45, 2.75) is 37.9 Å². The molecule has 3 aliphatic rings. The largest absolute Gasteiger partial charge is 0.480 e. The summed E-state index contributed by atoms with van der Waals surface area (Å²) in [5.41, 5.74) is 4.97. The van der Waals surface area contributed by atoms with Gasteiger partial charge in [-0.25, -0.2) is 4.79 Å². The van der Waals surface area contributed by atoms with Crippen LogP contribution in [-0.4, -0.2) is 34.7 Å². The van der Waals surface area contributed by atoms with Crippen molar-refractivity contribution in [3.8, 4) is 0 Å². The van der Waals surface area contributed by atoms with E-state index in [1.807, 2.05) is 0 Å². The monoisotopic (exact) mass is 505 g/mol. The molecule has 2 aromatic carbocycles. The van der Waals surface area contributed by atoms with Gasteiger partial charge in [-0.05, 0) is 43.0 Å². The number of hydrogen-bond donors (Lipinski definition) is 2. The van der Waals surface area contributed by atoms with E-state index in [0.29, 0.717) is 26.7 Å². The van der Waals surface area contributed by atoms with Crippen molar-refractivity contribution in [1.82, 2.24) is 0 Å². The highest BCUT2D eigenvalue weighted by molar-refractivity contribution is 6.42. The van der Waals surface area contributed by atoms with Gasteiger partial charge in [-0.15, -0.1) is 0 Å². The van der Waals surface area contributed by atoms with Gasteiger partial charge in [0.05, 0.1) is 33.7 Å². The van der Waals surface area contributed by atoms with Crippen molar-refractivity contribution in [1.29, 1.82) is 0 Å². The summed E-state index contributed by atoms with van der Waals surface area (Å²) in [5.74, 6) is -3.54. The van der Waals surface area contributed by atoms with Gasteiger partial charge >= 0.3 is 17.9 Å². The first-order chi connectivity index (χ1) is 16.1. The van der Waals surface area contributed by atoms with Gasteiger partial charge in [-0.2, -0.15) is 0 Å².